The Morgan fingerprint density at radius 3 is 2.47 bits per heavy atom. The Labute approximate surface area is 207 Å². The van der Waals surface area contributed by atoms with Crippen LogP contribution in [0.5, 0.6) is 0 Å². The standard InChI is InChI=1S/C25H31Cl2N3O.ClH/c1-25(2,3)23(29-24-28-21-6-4-5-7-22(21)31-24)16-30-12-10-17(11-13-30)14-18-8-9-19(26)20(27)15-18;/h4-9,15,17,23H,10-14,16H2,1-3H3,(H,28,29);1H/t23-;/m0./s1. The number of aromatic nitrogens is 1. The summed E-state index contributed by atoms with van der Waals surface area (Å²) in [4.78, 5) is 6.27. The third-order valence-corrected chi connectivity index (χ3v) is 7.19. The van der Waals surface area contributed by atoms with Crippen molar-refractivity contribution < 1.29 is 21.7 Å². The van der Waals surface area contributed by atoms with Crippen LogP contribution in [0.3, 0.4) is 0 Å². The van der Waals surface area contributed by atoms with Crippen LogP contribution in [0.25, 0.3) is 11.1 Å². The van der Waals surface area contributed by atoms with Crippen LogP contribution in [0, 0.1) is 11.3 Å². The highest BCUT2D eigenvalue weighted by molar-refractivity contribution is 6.42. The quantitative estimate of drug-likeness (QED) is 0.551. The van der Waals surface area contributed by atoms with E-state index in [1.165, 1.54) is 31.5 Å². The number of para-hydroxylation sites is 2. The van der Waals surface area contributed by atoms with Crippen LogP contribution < -0.4 is 22.6 Å². The van der Waals surface area contributed by atoms with Crippen molar-refractivity contribution in [3.63, 3.8) is 0 Å². The fourth-order valence-corrected chi connectivity index (χ4v) is 4.76. The fraction of sp³-hybridized carbons (Fsp3) is 0.480. The molecule has 1 aromatic heterocycles. The second-order valence-electron chi connectivity index (χ2n) is 9.90. The number of nitrogens with zero attached hydrogens (tertiary/aromatic N) is 1. The van der Waals surface area contributed by atoms with Crippen LogP contribution in [-0.2, 0) is 6.42 Å². The van der Waals surface area contributed by atoms with Crippen molar-refractivity contribution in [1.29, 1.82) is 0 Å². The molecule has 2 N–H and O–H groups in total. The topological polar surface area (TPSA) is 42.5 Å². The molecule has 0 saturated carbocycles. The lowest BCUT2D eigenvalue weighted by molar-refractivity contribution is -0.907. The zero-order valence-corrected chi connectivity index (χ0v) is 21.2. The van der Waals surface area contributed by atoms with Gasteiger partial charge in [0, 0.05) is 0 Å². The molecule has 0 bridgehead atoms. The molecular weight excluding hydrogens is 465 g/mol. The van der Waals surface area contributed by atoms with E-state index in [1.807, 2.05) is 36.4 Å². The first-order valence-electron chi connectivity index (χ1n) is 11.2. The van der Waals surface area contributed by atoms with Crippen LogP contribution >= 0.6 is 23.2 Å². The van der Waals surface area contributed by atoms with Crippen molar-refractivity contribution in [3.8, 4) is 0 Å². The van der Waals surface area contributed by atoms with Gasteiger partial charge in [0.1, 0.15) is 5.52 Å². The van der Waals surface area contributed by atoms with Crippen LogP contribution in [0.2, 0.25) is 10.0 Å². The Kier molecular flexibility index (Phi) is 8.37. The maximum absolute atomic E-state index is 6.19. The van der Waals surface area contributed by atoms with E-state index in [-0.39, 0.29) is 23.9 Å². The summed E-state index contributed by atoms with van der Waals surface area (Å²) in [5.41, 5.74) is 3.11. The predicted molar refractivity (Wildman–Crippen MR) is 129 cm³/mol. The highest BCUT2D eigenvalue weighted by Gasteiger charge is 2.32. The molecule has 3 aromatic rings. The molecule has 2 heterocycles. The van der Waals surface area contributed by atoms with Gasteiger partial charge in [-0.25, -0.2) is 0 Å². The minimum Gasteiger partial charge on any atom is -1.00 e. The van der Waals surface area contributed by atoms with E-state index in [0.717, 1.165) is 24.1 Å². The van der Waals surface area contributed by atoms with E-state index >= 15 is 0 Å². The van der Waals surface area contributed by atoms with E-state index in [4.69, 9.17) is 27.6 Å². The second-order valence-corrected chi connectivity index (χ2v) is 10.7. The molecule has 4 nitrogen and oxygen atoms in total. The Morgan fingerprint density at radius 2 is 1.81 bits per heavy atom. The smallest absolute Gasteiger partial charge is 0.296 e. The third-order valence-electron chi connectivity index (χ3n) is 6.45. The largest absolute Gasteiger partial charge is 1.00 e. The fourth-order valence-electron chi connectivity index (χ4n) is 4.44. The van der Waals surface area contributed by atoms with Crippen LogP contribution in [0.15, 0.2) is 46.9 Å². The number of fused-ring (bicyclic) bond motifs is 1. The number of quaternary nitrogens is 1. The number of hydrogen-bond donors (Lipinski definition) is 2. The average Bonchev–Trinajstić information content (AvgIpc) is 3.13. The van der Waals surface area contributed by atoms with Crippen molar-refractivity contribution in [2.24, 2.45) is 11.3 Å². The van der Waals surface area contributed by atoms with Crippen molar-refractivity contribution >= 4 is 40.3 Å². The van der Waals surface area contributed by atoms with Gasteiger partial charge >= 0.3 is 0 Å². The maximum Gasteiger partial charge on any atom is 0.296 e. The maximum atomic E-state index is 6.19. The van der Waals surface area contributed by atoms with Gasteiger partial charge in [0.05, 0.1) is 35.7 Å². The monoisotopic (exact) mass is 495 g/mol. The van der Waals surface area contributed by atoms with Crippen LogP contribution in [-0.4, -0.2) is 30.7 Å². The van der Waals surface area contributed by atoms with Gasteiger partial charge in [0.25, 0.3) is 6.01 Å². The molecule has 7 heteroatoms. The van der Waals surface area contributed by atoms with Crippen molar-refractivity contribution in [2.75, 3.05) is 25.0 Å². The number of benzene rings is 2. The summed E-state index contributed by atoms with van der Waals surface area (Å²) in [5.74, 6) is 0.707. The molecule has 2 aromatic carbocycles. The minimum atomic E-state index is 0. The summed E-state index contributed by atoms with van der Waals surface area (Å²) in [6.45, 7) is 10.3. The summed E-state index contributed by atoms with van der Waals surface area (Å²) in [5, 5.41) is 4.87. The first-order chi connectivity index (χ1) is 14.8. The molecule has 0 aliphatic carbocycles. The first kappa shape index (κ1) is 25.2. The van der Waals surface area contributed by atoms with E-state index in [1.54, 1.807) is 4.90 Å². The second kappa shape index (κ2) is 10.6. The van der Waals surface area contributed by atoms with Crippen molar-refractivity contribution in [3.05, 3.63) is 58.1 Å². The molecule has 1 saturated heterocycles. The van der Waals surface area contributed by atoms with E-state index in [2.05, 4.69) is 37.1 Å². The number of halogens is 3. The highest BCUT2D eigenvalue weighted by Crippen LogP contribution is 2.27. The lowest BCUT2D eigenvalue weighted by atomic mass is 9.85. The number of oxazole rings is 1. The number of anilines is 1. The number of likely N-dealkylation sites (tertiary alicyclic amines) is 1. The Balaban J connectivity index is 0.00000289. The summed E-state index contributed by atoms with van der Waals surface area (Å²) < 4.78 is 5.93. The molecule has 0 spiro atoms. The van der Waals surface area contributed by atoms with Gasteiger partial charge < -0.3 is 27.0 Å². The van der Waals surface area contributed by atoms with E-state index in [0.29, 0.717) is 22.0 Å². The number of nitrogens with one attached hydrogen (secondary N) is 2. The normalized spacial score (nSPS) is 20.0. The van der Waals surface area contributed by atoms with Crippen molar-refractivity contribution in [1.82, 2.24) is 4.98 Å². The SMILES string of the molecule is CC(C)(C)[C@H](C[NH+]1CCC(Cc2ccc(Cl)c(Cl)c2)CC1)Nc1nc2ccccc2o1.[Cl-]. The number of piperidine rings is 1. The summed E-state index contributed by atoms with van der Waals surface area (Å²) >= 11 is 12.2. The van der Waals surface area contributed by atoms with Gasteiger partial charge in [0.15, 0.2) is 5.58 Å². The Morgan fingerprint density at radius 1 is 1.09 bits per heavy atom. The molecule has 32 heavy (non-hydrogen) atoms. The molecule has 4 rings (SSSR count). The lowest BCUT2D eigenvalue weighted by Crippen LogP contribution is -3.14. The zero-order valence-electron chi connectivity index (χ0n) is 18.9. The zero-order chi connectivity index (χ0) is 22.0. The first-order valence-corrected chi connectivity index (χ1v) is 11.9. The predicted octanol–water partition coefficient (Wildman–Crippen LogP) is 2.50. The molecule has 1 atom stereocenters. The van der Waals surface area contributed by atoms with Gasteiger partial charge in [0.2, 0.25) is 0 Å². The molecular formula is C25H32Cl3N3O. The summed E-state index contributed by atoms with van der Waals surface area (Å²) in [6.07, 6.45) is 3.54. The molecule has 0 radical (unpaired) electrons. The summed E-state index contributed by atoms with van der Waals surface area (Å²) in [6, 6.07) is 14.8. The molecule has 174 valence electrons. The van der Waals surface area contributed by atoms with E-state index < -0.39 is 0 Å². The average molecular weight is 497 g/mol. The van der Waals surface area contributed by atoms with Gasteiger partial charge in [-0.3, -0.25) is 0 Å². The number of hydrogen-bond acceptors (Lipinski definition) is 3. The lowest BCUT2D eigenvalue weighted by Gasteiger charge is -2.36. The Hall–Kier alpha value is -1.46. The van der Waals surface area contributed by atoms with Crippen LogP contribution in [0.1, 0.15) is 39.2 Å². The molecule has 0 unspecified atom stereocenters. The Bertz CT molecular complexity index is 990. The third kappa shape index (κ3) is 6.32. The molecule has 0 amide bonds. The van der Waals surface area contributed by atoms with Gasteiger partial charge in [-0.1, -0.05) is 62.2 Å². The van der Waals surface area contributed by atoms with E-state index in [9.17, 15) is 0 Å². The van der Waals surface area contributed by atoms with Crippen molar-refractivity contribution in [2.45, 2.75) is 46.1 Å². The van der Waals surface area contributed by atoms with Crippen LogP contribution in [0.4, 0.5) is 6.01 Å². The number of rotatable bonds is 6. The molecule has 1 fully saturated rings. The molecule has 1 aliphatic rings. The van der Waals surface area contributed by atoms with Gasteiger partial charge in [-0.15, -0.1) is 0 Å². The highest BCUT2D eigenvalue weighted by atomic mass is 35.5. The minimum absolute atomic E-state index is 0. The summed E-state index contributed by atoms with van der Waals surface area (Å²) in [7, 11) is 0. The van der Waals surface area contributed by atoms with Gasteiger partial charge in [-0.05, 0) is 60.4 Å². The molecule has 1 aliphatic heterocycles. The van der Waals surface area contributed by atoms with Gasteiger partial charge in [-0.2, -0.15) is 4.98 Å².